The van der Waals surface area contributed by atoms with E-state index in [1.807, 2.05) is 13.0 Å². The molecule has 0 aliphatic carbocycles. The highest BCUT2D eigenvalue weighted by Crippen LogP contribution is 2.33. The molecule has 2 N–H and O–H groups in total. The molecule has 0 aromatic heterocycles. The number of hydrogen-bond acceptors (Lipinski definition) is 2. The Morgan fingerprint density at radius 1 is 1.50 bits per heavy atom. The molecule has 3 heteroatoms. The van der Waals surface area contributed by atoms with Crippen molar-refractivity contribution in [3.63, 3.8) is 0 Å². The maximum Gasteiger partial charge on any atom is 0.0642 e. The third-order valence-corrected chi connectivity index (χ3v) is 4.12. The minimum Gasteiger partial charge on any atom is -0.370 e. The fraction of sp³-hybridized carbons (Fsp3) is 0.600. The summed E-state index contributed by atoms with van der Waals surface area (Å²) in [6, 6.07) is 6.27. The van der Waals surface area contributed by atoms with Gasteiger partial charge in [0.05, 0.1) is 10.7 Å². The van der Waals surface area contributed by atoms with Crippen LogP contribution in [0.1, 0.15) is 44.7 Å². The van der Waals surface area contributed by atoms with E-state index in [0.717, 1.165) is 29.6 Å². The van der Waals surface area contributed by atoms with Gasteiger partial charge in [0.2, 0.25) is 0 Å². The van der Waals surface area contributed by atoms with Crippen molar-refractivity contribution < 1.29 is 0 Å². The number of nitrogens with zero attached hydrogens (tertiary/aromatic N) is 1. The van der Waals surface area contributed by atoms with Crippen molar-refractivity contribution in [1.29, 1.82) is 0 Å². The Bertz CT molecular complexity index is 403. The highest BCUT2D eigenvalue weighted by Gasteiger charge is 2.23. The topological polar surface area (TPSA) is 29.3 Å². The lowest BCUT2D eigenvalue weighted by atomic mass is 10.0. The molecular weight excluding hydrogens is 244 g/mol. The molecule has 1 aromatic rings. The van der Waals surface area contributed by atoms with Crippen molar-refractivity contribution in [1.82, 2.24) is 0 Å². The molecule has 1 aliphatic heterocycles. The largest absolute Gasteiger partial charge is 0.370 e. The zero-order chi connectivity index (χ0) is 13.1. The van der Waals surface area contributed by atoms with Crippen molar-refractivity contribution in [2.24, 2.45) is 11.7 Å². The van der Waals surface area contributed by atoms with E-state index in [-0.39, 0.29) is 6.04 Å². The first-order valence-corrected chi connectivity index (χ1v) is 7.29. The van der Waals surface area contributed by atoms with E-state index < -0.39 is 0 Å². The molecule has 1 saturated heterocycles. The summed E-state index contributed by atoms with van der Waals surface area (Å²) in [6.45, 7) is 6.51. The van der Waals surface area contributed by atoms with Crippen LogP contribution in [0.15, 0.2) is 18.2 Å². The molecule has 0 saturated carbocycles. The summed E-state index contributed by atoms with van der Waals surface area (Å²) in [5.74, 6) is 0.833. The van der Waals surface area contributed by atoms with Crippen molar-refractivity contribution in [2.75, 3.05) is 18.0 Å². The fourth-order valence-electron chi connectivity index (χ4n) is 2.76. The molecule has 2 atom stereocenters. The van der Waals surface area contributed by atoms with Crippen LogP contribution in [-0.4, -0.2) is 13.1 Å². The van der Waals surface area contributed by atoms with Gasteiger partial charge in [-0.15, -0.1) is 0 Å². The molecule has 1 aromatic carbocycles. The van der Waals surface area contributed by atoms with Crippen molar-refractivity contribution >= 4 is 17.3 Å². The molecule has 0 radical (unpaired) electrons. The van der Waals surface area contributed by atoms with Crippen LogP contribution in [0.5, 0.6) is 0 Å². The van der Waals surface area contributed by atoms with Crippen molar-refractivity contribution in [3.8, 4) is 0 Å². The van der Waals surface area contributed by atoms with Crippen LogP contribution in [-0.2, 0) is 0 Å². The van der Waals surface area contributed by atoms with Crippen molar-refractivity contribution in [2.45, 2.75) is 39.2 Å². The van der Waals surface area contributed by atoms with E-state index in [1.165, 1.54) is 24.9 Å². The number of nitrogens with two attached hydrogens (primary N) is 1. The predicted molar refractivity (Wildman–Crippen MR) is 79.3 cm³/mol. The minimum atomic E-state index is 0.0444. The highest BCUT2D eigenvalue weighted by atomic mass is 35.5. The maximum atomic E-state index is 6.38. The summed E-state index contributed by atoms with van der Waals surface area (Å²) in [7, 11) is 0. The number of hydrogen-bond donors (Lipinski definition) is 1. The lowest BCUT2D eigenvalue weighted by Gasteiger charge is -2.21. The van der Waals surface area contributed by atoms with Gasteiger partial charge in [0, 0.05) is 19.1 Å². The third kappa shape index (κ3) is 2.99. The van der Waals surface area contributed by atoms with Gasteiger partial charge >= 0.3 is 0 Å². The number of rotatable bonds is 4. The van der Waals surface area contributed by atoms with Crippen LogP contribution >= 0.6 is 11.6 Å². The third-order valence-electron chi connectivity index (χ3n) is 3.82. The van der Waals surface area contributed by atoms with Crippen LogP contribution in [0.25, 0.3) is 0 Å². The van der Waals surface area contributed by atoms with Gasteiger partial charge < -0.3 is 10.6 Å². The quantitative estimate of drug-likeness (QED) is 0.893. The molecule has 0 amide bonds. The van der Waals surface area contributed by atoms with Crippen LogP contribution in [0.2, 0.25) is 5.02 Å². The zero-order valence-electron chi connectivity index (χ0n) is 11.3. The second-order valence-corrected chi connectivity index (χ2v) is 5.80. The molecule has 1 fully saturated rings. The summed E-state index contributed by atoms with van der Waals surface area (Å²) >= 11 is 6.38. The predicted octanol–water partition coefficient (Wildman–Crippen LogP) is 3.99. The van der Waals surface area contributed by atoms with Gasteiger partial charge in [-0.05, 0) is 43.4 Å². The van der Waals surface area contributed by atoms with Gasteiger partial charge in [0.1, 0.15) is 0 Å². The summed E-state index contributed by atoms with van der Waals surface area (Å²) < 4.78 is 0. The Morgan fingerprint density at radius 3 is 2.89 bits per heavy atom. The Labute approximate surface area is 115 Å². The first-order valence-electron chi connectivity index (χ1n) is 6.91. The van der Waals surface area contributed by atoms with E-state index in [1.54, 1.807) is 0 Å². The highest BCUT2D eigenvalue weighted by molar-refractivity contribution is 6.33. The normalized spacial score (nSPS) is 21.3. The fourth-order valence-corrected chi connectivity index (χ4v) is 3.07. The van der Waals surface area contributed by atoms with Crippen LogP contribution < -0.4 is 10.6 Å². The Morgan fingerprint density at radius 2 is 2.28 bits per heavy atom. The van der Waals surface area contributed by atoms with E-state index in [2.05, 4.69) is 24.0 Å². The number of halogens is 1. The maximum absolute atomic E-state index is 6.38. The number of anilines is 1. The van der Waals surface area contributed by atoms with E-state index in [0.29, 0.717) is 0 Å². The summed E-state index contributed by atoms with van der Waals surface area (Å²) in [6.07, 6.45) is 3.89. The monoisotopic (exact) mass is 266 g/mol. The second kappa shape index (κ2) is 5.94. The molecule has 1 aliphatic rings. The molecule has 0 bridgehead atoms. The average Bonchev–Trinajstić information content (AvgIpc) is 2.77. The SMILES string of the molecule is CCCC1CCN(c2ccc([C@@H](C)N)cc2Cl)C1. The van der Waals surface area contributed by atoms with Crippen molar-refractivity contribution in [3.05, 3.63) is 28.8 Å². The molecule has 2 nitrogen and oxygen atoms in total. The van der Waals surface area contributed by atoms with Crippen LogP contribution in [0.4, 0.5) is 5.69 Å². The van der Waals surface area contributed by atoms with Gasteiger partial charge in [-0.1, -0.05) is 31.0 Å². The molecule has 0 spiro atoms. The van der Waals surface area contributed by atoms with Gasteiger partial charge in [-0.2, -0.15) is 0 Å². The molecule has 18 heavy (non-hydrogen) atoms. The Kier molecular flexibility index (Phi) is 4.52. The standard InChI is InChI=1S/C15H23ClN2/c1-3-4-12-7-8-18(10-12)15-6-5-13(11(2)17)9-14(15)16/h5-6,9,11-12H,3-4,7-8,10,17H2,1-2H3/t11-,12?/m1/s1. The Hall–Kier alpha value is -0.730. The molecule has 100 valence electrons. The van der Waals surface area contributed by atoms with E-state index in [4.69, 9.17) is 17.3 Å². The van der Waals surface area contributed by atoms with E-state index in [9.17, 15) is 0 Å². The molecular formula is C15H23ClN2. The Balaban J connectivity index is 2.10. The van der Waals surface area contributed by atoms with Crippen LogP contribution in [0, 0.1) is 5.92 Å². The second-order valence-electron chi connectivity index (χ2n) is 5.39. The first kappa shape index (κ1) is 13.7. The van der Waals surface area contributed by atoms with E-state index >= 15 is 0 Å². The summed E-state index contributed by atoms with van der Waals surface area (Å²) in [5.41, 5.74) is 8.15. The molecule has 1 unspecified atom stereocenters. The lowest BCUT2D eigenvalue weighted by molar-refractivity contribution is 0.530. The minimum absolute atomic E-state index is 0.0444. The van der Waals surface area contributed by atoms with Crippen LogP contribution in [0.3, 0.4) is 0 Å². The smallest absolute Gasteiger partial charge is 0.0642 e. The summed E-state index contributed by atoms with van der Waals surface area (Å²) in [5, 5.41) is 0.835. The zero-order valence-corrected chi connectivity index (χ0v) is 12.1. The van der Waals surface area contributed by atoms with Gasteiger partial charge in [-0.3, -0.25) is 0 Å². The van der Waals surface area contributed by atoms with Gasteiger partial charge in [0.25, 0.3) is 0 Å². The number of benzene rings is 1. The molecule has 1 heterocycles. The summed E-state index contributed by atoms with van der Waals surface area (Å²) in [4.78, 5) is 2.41. The first-order chi connectivity index (χ1) is 8.61. The molecule has 2 rings (SSSR count). The average molecular weight is 267 g/mol. The van der Waals surface area contributed by atoms with Gasteiger partial charge in [-0.25, -0.2) is 0 Å². The van der Waals surface area contributed by atoms with Gasteiger partial charge in [0.15, 0.2) is 0 Å². The lowest BCUT2D eigenvalue weighted by Crippen LogP contribution is -2.20.